The number of ether oxygens (including phenoxy) is 1. The normalized spacial score (nSPS) is 12.2. The predicted octanol–water partition coefficient (Wildman–Crippen LogP) is 6.95. The third kappa shape index (κ3) is 5.44. The van der Waals surface area contributed by atoms with Gasteiger partial charge in [-0.2, -0.15) is 4.39 Å². The first-order valence-electron chi connectivity index (χ1n) is 9.88. The predicted molar refractivity (Wildman–Crippen MR) is 118 cm³/mol. The molecule has 1 atom stereocenters. The first kappa shape index (κ1) is 22.4. The summed E-state index contributed by atoms with van der Waals surface area (Å²) in [5.41, 5.74) is 2.30. The van der Waals surface area contributed by atoms with Crippen molar-refractivity contribution in [3.05, 3.63) is 101 Å². The van der Waals surface area contributed by atoms with Crippen LogP contribution in [0.1, 0.15) is 36.1 Å². The number of aliphatic hydroxyl groups excluding tert-OH is 1. The summed E-state index contributed by atoms with van der Waals surface area (Å²) in [6.45, 7) is 5.35. The van der Waals surface area contributed by atoms with Crippen molar-refractivity contribution >= 4 is 12.2 Å². The lowest BCUT2D eigenvalue weighted by atomic mass is 10.0. The quantitative estimate of drug-likeness (QED) is 0.241. The molecule has 2 nitrogen and oxygen atoms in total. The summed E-state index contributed by atoms with van der Waals surface area (Å²) in [5, 5.41) is 9.52. The minimum atomic E-state index is -1.03. The number of benzene rings is 3. The van der Waals surface area contributed by atoms with E-state index in [-0.39, 0.29) is 17.9 Å². The van der Waals surface area contributed by atoms with Crippen LogP contribution >= 0.6 is 0 Å². The maximum Gasteiger partial charge on any atom is 0.201 e. The van der Waals surface area contributed by atoms with Crippen molar-refractivity contribution in [3.8, 4) is 16.9 Å². The van der Waals surface area contributed by atoms with Crippen molar-refractivity contribution in [2.45, 2.75) is 19.4 Å². The molecule has 1 N–H and O–H groups in total. The van der Waals surface area contributed by atoms with Gasteiger partial charge in [-0.05, 0) is 48.2 Å². The van der Waals surface area contributed by atoms with E-state index in [0.717, 1.165) is 5.56 Å². The molecule has 0 saturated heterocycles. The standard InChI is InChI=1S/C26H23F3O2/c1-3-4-15-31-24-14-13-22(25(28)26(24)29)19-8-5-18(6-9-19)7-10-20-11-12-21(17(2)30)16-23(20)27/h3,5-14,16-17,30H,1,4,15H2,2H3/b10-7+. The number of aliphatic hydroxyl groups is 1. The second-order valence-corrected chi connectivity index (χ2v) is 7.08. The molecule has 0 bridgehead atoms. The van der Waals surface area contributed by atoms with Crippen LogP contribution < -0.4 is 4.74 Å². The number of hydrogen-bond donors (Lipinski definition) is 1. The van der Waals surface area contributed by atoms with Gasteiger partial charge in [0, 0.05) is 11.1 Å². The summed E-state index contributed by atoms with van der Waals surface area (Å²) < 4.78 is 48.2. The van der Waals surface area contributed by atoms with Crippen molar-refractivity contribution in [2.75, 3.05) is 6.61 Å². The van der Waals surface area contributed by atoms with Gasteiger partial charge in [-0.1, -0.05) is 54.6 Å². The molecule has 0 amide bonds. The van der Waals surface area contributed by atoms with Gasteiger partial charge in [0.1, 0.15) is 5.82 Å². The maximum absolute atomic E-state index is 14.5. The van der Waals surface area contributed by atoms with E-state index >= 15 is 0 Å². The molecule has 0 aromatic heterocycles. The van der Waals surface area contributed by atoms with Crippen molar-refractivity contribution in [1.29, 1.82) is 0 Å². The van der Waals surface area contributed by atoms with Crippen molar-refractivity contribution < 1.29 is 23.0 Å². The molecule has 3 aromatic carbocycles. The molecular weight excluding hydrogens is 401 g/mol. The van der Waals surface area contributed by atoms with Crippen LogP contribution in [-0.2, 0) is 0 Å². The Hall–Kier alpha value is -3.31. The Morgan fingerprint density at radius 2 is 1.71 bits per heavy atom. The summed E-state index contributed by atoms with van der Waals surface area (Å²) in [4.78, 5) is 0. The fourth-order valence-electron chi connectivity index (χ4n) is 3.02. The monoisotopic (exact) mass is 424 g/mol. The Labute approximate surface area is 179 Å². The van der Waals surface area contributed by atoms with Gasteiger partial charge in [0.25, 0.3) is 0 Å². The molecule has 3 rings (SSSR count). The lowest BCUT2D eigenvalue weighted by Crippen LogP contribution is -2.00. The minimum Gasteiger partial charge on any atom is -0.490 e. The Kier molecular flexibility index (Phi) is 7.32. The smallest absolute Gasteiger partial charge is 0.201 e. The zero-order valence-electron chi connectivity index (χ0n) is 17.1. The molecule has 5 heteroatoms. The largest absolute Gasteiger partial charge is 0.490 e. The van der Waals surface area contributed by atoms with Gasteiger partial charge in [-0.25, -0.2) is 8.78 Å². The Morgan fingerprint density at radius 1 is 0.968 bits per heavy atom. The van der Waals surface area contributed by atoms with Gasteiger partial charge in [0.15, 0.2) is 11.6 Å². The molecule has 3 aromatic rings. The summed E-state index contributed by atoms with van der Waals surface area (Å²) in [6.07, 6.45) is 4.77. The van der Waals surface area contributed by atoms with E-state index in [0.29, 0.717) is 23.1 Å². The van der Waals surface area contributed by atoms with Gasteiger partial charge >= 0.3 is 0 Å². The van der Waals surface area contributed by atoms with E-state index in [1.165, 1.54) is 18.2 Å². The highest BCUT2D eigenvalue weighted by molar-refractivity contribution is 5.72. The molecular formula is C26H23F3O2. The third-order valence-electron chi connectivity index (χ3n) is 4.81. The Balaban J connectivity index is 1.76. The summed E-state index contributed by atoms with van der Waals surface area (Å²) in [6, 6.07) is 14.3. The molecule has 160 valence electrons. The van der Waals surface area contributed by atoms with E-state index < -0.39 is 23.6 Å². The molecule has 0 aliphatic rings. The fraction of sp³-hybridized carbons (Fsp3) is 0.154. The molecule has 0 heterocycles. The average molecular weight is 424 g/mol. The second kappa shape index (κ2) is 10.1. The first-order valence-corrected chi connectivity index (χ1v) is 9.88. The number of hydrogen-bond acceptors (Lipinski definition) is 2. The summed E-state index contributed by atoms with van der Waals surface area (Å²) in [7, 11) is 0. The molecule has 0 radical (unpaired) electrons. The highest BCUT2D eigenvalue weighted by atomic mass is 19.2. The van der Waals surface area contributed by atoms with Crippen molar-refractivity contribution in [2.24, 2.45) is 0 Å². The summed E-state index contributed by atoms with van der Waals surface area (Å²) >= 11 is 0. The van der Waals surface area contributed by atoms with E-state index in [1.54, 1.807) is 61.5 Å². The highest BCUT2D eigenvalue weighted by Crippen LogP contribution is 2.30. The van der Waals surface area contributed by atoms with E-state index in [4.69, 9.17) is 4.74 Å². The summed E-state index contributed by atoms with van der Waals surface area (Å²) in [5.74, 6) is -2.56. The lowest BCUT2D eigenvalue weighted by Gasteiger charge is -2.10. The third-order valence-corrected chi connectivity index (χ3v) is 4.81. The van der Waals surface area contributed by atoms with E-state index in [2.05, 4.69) is 6.58 Å². The van der Waals surface area contributed by atoms with Crippen LogP contribution in [0.3, 0.4) is 0 Å². The molecule has 1 unspecified atom stereocenters. The average Bonchev–Trinajstić information content (AvgIpc) is 2.76. The van der Waals surface area contributed by atoms with Gasteiger partial charge < -0.3 is 9.84 Å². The van der Waals surface area contributed by atoms with Crippen LogP contribution in [0, 0.1) is 17.5 Å². The molecule has 0 aliphatic heterocycles. The lowest BCUT2D eigenvalue weighted by molar-refractivity contribution is 0.199. The molecule has 0 aliphatic carbocycles. The van der Waals surface area contributed by atoms with Crippen LogP contribution in [-0.4, -0.2) is 11.7 Å². The van der Waals surface area contributed by atoms with Crippen molar-refractivity contribution in [1.82, 2.24) is 0 Å². The minimum absolute atomic E-state index is 0.129. The number of halogens is 3. The van der Waals surface area contributed by atoms with E-state index in [1.807, 2.05) is 0 Å². The Morgan fingerprint density at radius 3 is 2.35 bits per heavy atom. The SMILES string of the molecule is C=CCCOc1ccc(-c2ccc(/C=C/c3ccc(C(C)O)cc3F)cc2)c(F)c1F. The zero-order valence-corrected chi connectivity index (χ0v) is 17.1. The first-order chi connectivity index (χ1) is 14.9. The van der Waals surface area contributed by atoms with Crippen LogP contribution in [0.4, 0.5) is 13.2 Å². The Bertz CT molecular complexity index is 1090. The van der Waals surface area contributed by atoms with Gasteiger partial charge in [0.05, 0.1) is 12.7 Å². The highest BCUT2D eigenvalue weighted by Gasteiger charge is 2.15. The molecule has 31 heavy (non-hydrogen) atoms. The van der Waals surface area contributed by atoms with Gasteiger partial charge in [0.2, 0.25) is 5.82 Å². The molecule has 0 fully saturated rings. The molecule has 0 saturated carbocycles. The second-order valence-electron chi connectivity index (χ2n) is 7.08. The van der Waals surface area contributed by atoms with Crippen molar-refractivity contribution in [3.63, 3.8) is 0 Å². The van der Waals surface area contributed by atoms with Gasteiger partial charge in [-0.15, -0.1) is 6.58 Å². The fourth-order valence-corrected chi connectivity index (χ4v) is 3.02. The molecule has 0 spiro atoms. The number of rotatable bonds is 8. The van der Waals surface area contributed by atoms with Crippen LogP contribution in [0.15, 0.2) is 67.3 Å². The van der Waals surface area contributed by atoms with Gasteiger partial charge in [-0.3, -0.25) is 0 Å². The topological polar surface area (TPSA) is 29.5 Å². The van der Waals surface area contributed by atoms with Crippen LogP contribution in [0.25, 0.3) is 23.3 Å². The zero-order chi connectivity index (χ0) is 22.4. The van der Waals surface area contributed by atoms with E-state index in [9.17, 15) is 18.3 Å². The van der Waals surface area contributed by atoms with Crippen LogP contribution in [0.2, 0.25) is 0 Å². The van der Waals surface area contributed by atoms with Crippen LogP contribution in [0.5, 0.6) is 5.75 Å². The maximum atomic E-state index is 14.5.